The Morgan fingerprint density at radius 1 is 1.18 bits per heavy atom. The highest BCUT2D eigenvalue weighted by atomic mass is 16.3. The van der Waals surface area contributed by atoms with Crippen LogP contribution in [0, 0.1) is 0 Å². The Hall–Kier alpha value is -0.0800. The summed E-state index contributed by atoms with van der Waals surface area (Å²) in [5, 5.41) is 12.0. The SMILES string of the molecule is CCCC.OC1CCNCC1. The maximum absolute atomic E-state index is 8.87. The summed E-state index contributed by atoms with van der Waals surface area (Å²) in [5.41, 5.74) is 0. The molecular formula is C9H21NO. The Bertz CT molecular complexity index is 68.0. The van der Waals surface area contributed by atoms with Crippen molar-refractivity contribution < 1.29 is 5.11 Å². The zero-order valence-electron chi connectivity index (χ0n) is 7.77. The molecule has 0 aromatic rings. The third-order valence-electron chi connectivity index (χ3n) is 1.81. The lowest BCUT2D eigenvalue weighted by molar-refractivity contribution is 0.137. The van der Waals surface area contributed by atoms with Crippen molar-refractivity contribution in [2.45, 2.75) is 45.6 Å². The van der Waals surface area contributed by atoms with Gasteiger partial charge >= 0.3 is 0 Å². The monoisotopic (exact) mass is 159 g/mol. The standard InChI is InChI=1S/C5H11NO.C4H10/c7-5-1-3-6-4-2-5;1-3-4-2/h5-7H,1-4H2;3-4H2,1-2H3. The number of hydrogen-bond donors (Lipinski definition) is 2. The van der Waals surface area contributed by atoms with Gasteiger partial charge < -0.3 is 10.4 Å². The van der Waals surface area contributed by atoms with Gasteiger partial charge in [0.05, 0.1) is 6.10 Å². The lowest BCUT2D eigenvalue weighted by Crippen LogP contribution is -2.30. The molecule has 1 heterocycles. The molecule has 0 amide bonds. The van der Waals surface area contributed by atoms with Crippen LogP contribution in [0.15, 0.2) is 0 Å². The third kappa shape index (κ3) is 7.82. The van der Waals surface area contributed by atoms with Crippen molar-refractivity contribution in [1.29, 1.82) is 0 Å². The highest BCUT2D eigenvalue weighted by Crippen LogP contribution is 1.99. The lowest BCUT2D eigenvalue weighted by atomic mass is 10.1. The maximum atomic E-state index is 8.87. The molecule has 2 nitrogen and oxygen atoms in total. The highest BCUT2D eigenvalue weighted by Gasteiger charge is 2.06. The second kappa shape index (κ2) is 8.02. The average Bonchev–Trinajstić information content (AvgIpc) is 2.07. The van der Waals surface area contributed by atoms with Crippen molar-refractivity contribution in [2.75, 3.05) is 13.1 Å². The Labute approximate surface area is 70.0 Å². The molecule has 0 aliphatic carbocycles. The highest BCUT2D eigenvalue weighted by molar-refractivity contribution is 4.65. The fourth-order valence-corrected chi connectivity index (χ4v) is 0.807. The minimum absolute atomic E-state index is 0.0266. The van der Waals surface area contributed by atoms with Crippen LogP contribution in [-0.4, -0.2) is 24.3 Å². The van der Waals surface area contributed by atoms with Crippen LogP contribution in [0.1, 0.15) is 39.5 Å². The van der Waals surface area contributed by atoms with Gasteiger partial charge in [-0.1, -0.05) is 26.7 Å². The van der Waals surface area contributed by atoms with Gasteiger partial charge in [0.25, 0.3) is 0 Å². The Balaban J connectivity index is 0.000000218. The molecule has 1 aliphatic heterocycles. The van der Waals surface area contributed by atoms with Crippen molar-refractivity contribution in [1.82, 2.24) is 5.32 Å². The van der Waals surface area contributed by atoms with E-state index in [2.05, 4.69) is 19.2 Å². The predicted molar refractivity (Wildman–Crippen MR) is 48.7 cm³/mol. The molecule has 11 heavy (non-hydrogen) atoms. The summed E-state index contributed by atoms with van der Waals surface area (Å²) in [4.78, 5) is 0. The topological polar surface area (TPSA) is 32.3 Å². The first-order valence-electron chi connectivity index (χ1n) is 4.70. The van der Waals surface area contributed by atoms with E-state index in [0.717, 1.165) is 25.9 Å². The van der Waals surface area contributed by atoms with Crippen LogP contribution in [-0.2, 0) is 0 Å². The predicted octanol–water partition coefficient (Wildman–Crippen LogP) is 1.54. The Kier molecular flexibility index (Phi) is 7.96. The minimum atomic E-state index is -0.0266. The van der Waals surface area contributed by atoms with Gasteiger partial charge in [-0.3, -0.25) is 0 Å². The van der Waals surface area contributed by atoms with Gasteiger partial charge in [-0.05, 0) is 25.9 Å². The van der Waals surface area contributed by atoms with Crippen molar-refractivity contribution in [3.8, 4) is 0 Å². The first kappa shape index (κ1) is 10.9. The van der Waals surface area contributed by atoms with Crippen LogP contribution in [0.4, 0.5) is 0 Å². The summed E-state index contributed by atoms with van der Waals surface area (Å²) in [7, 11) is 0. The van der Waals surface area contributed by atoms with Crippen LogP contribution in [0.25, 0.3) is 0 Å². The van der Waals surface area contributed by atoms with E-state index in [9.17, 15) is 0 Å². The van der Waals surface area contributed by atoms with E-state index in [0.29, 0.717) is 0 Å². The number of unbranched alkanes of at least 4 members (excludes halogenated alkanes) is 1. The molecule has 2 N–H and O–H groups in total. The largest absolute Gasteiger partial charge is 0.393 e. The van der Waals surface area contributed by atoms with Gasteiger partial charge in [-0.2, -0.15) is 0 Å². The van der Waals surface area contributed by atoms with Gasteiger partial charge in [-0.25, -0.2) is 0 Å². The fourth-order valence-electron chi connectivity index (χ4n) is 0.807. The van der Waals surface area contributed by atoms with Crippen LogP contribution in [0.2, 0.25) is 0 Å². The molecule has 0 saturated carbocycles. The number of aliphatic hydroxyl groups is 1. The normalized spacial score (nSPS) is 18.8. The van der Waals surface area contributed by atoms with E-state index in [1.165, 1.54) is 12.8 Å². The van der Waals surface area contributed by atoms with Gasteiger partial charge in [0.2, 0.25) is 0 Å². The summed E-state index contributed by atoms with van der Waals surface area (Å²) in [5.74, 6) is 0. The summed E-state index contributed by atoms with van der Waals surface area (Å²) in [6.45, 7) is 6.34. The molecule has 0 atom stereocenters. The summed E-state index contributed by atoms with van der Waals surface area (Å²) in [6.07, 6.45) is 4.47. The van der Waals surface area contributed by atoms with E-state index in [1.807, 2.05) is 0 Å². The minimum Gasteiger partial charge on any atom is -0.393 e. The molecule has 0 radical (unpaired) electrons. The fraction of sp³-hybridized carbons (Fsp3) is 1.00. The van der Waals surface area contributed by atoms with E-state index in [1.54, 1.807) is 0 Å². The zero-order valence-corrected chi connectivity index (χ0v) is 7.77. The lowest BCUT2D eigenvalue weighted by Gasteiger charge is -2.16. The smallest absolute Gasteiger partial charge is 0.0564 e. The molecule has 1 fully saturated rings. The van der Waals surface area contributed by atoms with Crippen LogP contribution < -0.4 is 5.32 Å². The molecule has 2 heteroatoms. The number of hydrogen-bond acceptors (Lipinski definition) is 2. The number of piperidine rings is 1. The quantitative estimate of drug-likeness (QED) is 0.608. The number of rotatable bonds is 1. The molecular weight excluding hydrogens is 138 g/mol. The molecule has 68 valence electrons. The Morgan fingerprint density at radius 2 is 1.64 bits per heavy atom. The van der Waals surface area contributed by atoms with E-state index >= 15 is 0 Å². The molecule has 0 aromatic carbocycles. The number of nitrogens with one attached hydrogen (secondary N) is 1. The third-order valence-corrected chi connectivity index (χ3v) is 1.81. The second-order valence-corrected chi connectivity index (χ2v) is 2.98. The molecule has 0 unspecified atom stereocenters. The van der Waals surface area contributed by atoms with Crippen molar-refractivity contribution >= 4 is 0 Å². The van der Waals surface area contributed by atoms with Gasteiger partial charge in [0.1, 0.15) is 0 Å². The average molecular weight is 159 g/mol. The van der Waals surface area contributed by atoms with Crippen LogP contribution >= 0.6 is 0 Å². The van der Waals surface area contributed by atoms with Crippen LogP contribution in [0.3, 0.4) is 0 Å². The van der Waals surface area contributed by atoms with Gasteiger partial charge in [0, 0.05) is 0 Å². The molecule has 1 rings (SSSR count). The van der Waals surface area contributed by atoms with Crippen molar-refractivity contribution in [3.05, 3.63) is 0 Å². The summed E-state index contributed by atoms with van der Waals surface area (Å²) in [6, 6.07) is 0. The van der Waals surface area contributed by atoms with Gasteiger partial charge in [-0.15, -0.1) is 0 Å². The molecule has 0 aromatic heterocycles. The zero-order chi connectivity index (χ0) is 8.53. The molecule has 1 aliphatic rings. The summed E-state index contributed by atoms with van der Waals surface area (Å²) < 4.78 is 0. The van der Waals surface area contributed by atoms with E-state index < -0.39 is 0 Å². The van der Waals surface area contributed by atoms with Crippen LogP contribution in [0.5, 0.6) is 0 Å². The van der Waals surface area contributed by atoms with E-state index in [4.69, 9.17) is 5.11 Å². The van der Waals surface area contributed by atoms with E-state index in [-0.39, 0.29) is 6.10 Å². The molecule has 0 bridgehead atoms. The van der Waals surface area contributed by atoms with Gasteiger partial charge in [0.15, 0.2) is 0 Å². The first-order valence-corrected chi connectivity index (χ1v) is 4.70. The second-order valence-electron chi connectivity index (χ2n) is 2.98. The Morgan fingerprint density at radius 3 is 1.82 bits per heavy atom. The van der Waals surface area contributed by atoms with Crippen molar-refractivity contribution in [2.24, 2.45) is 0 Å². The molecule has 0 spiro atoms. The number of aliphatic hydroxyl groups excluding tert-OH is 1. The van der Waals surface area contributed by atoms with Crippen molar-refractivity contribution in [3.63, 3.8) is 0 Å². The first-order chi connectivity index (χ1) is 5.31. The summed E-state index contributed by atoms with van der Waals surface area (Å²) >= 11 is 0. The maximum Gasteiger partial charge on any atom is 0.0564 e. The molecule has 1 saturated heterocycles.